The molecule has 0 radical (unpaired) electrons. The Kier molecular flexibility index (Phi) is 6.24. The van der Waals surface area contributed by atoms with Gasteiger partial charge in [-0.15, -0.1) is 11.3 Å². The minimum Gasteiger partial charge on any atom is -0.463 e. The van der Waals surface area contributed by atoms with E-state index in [1.165, 1.54) is 26.2 Å². The second-order valence-corrected chi connectivity index (χ2v) is 10.6. The van der Waals surface area contributed by atoms with Gasteiger partial charge in [-0.05, 0) is 36.4 Å². The summed E-state index contributed by atoms with van der Waals surface area (Å²) in [6, 6.07) is 9.87. The fraction of sp³-hybridized carbons (Fsp3) is 0.333. The number of carbonyl (C=O) groups is 1. The van der Waals surface area contributed by atoms with Gasteiger partial charge in [-0.1, -0.05) is 0 Å². The van der Waals surface area contributed by atoms with Crippen molar-refractivity contribution < 1.29 is 17.6 Å². The Bertz CT molecular complexity index is 1130. The monoisotopic (exact) mass is 460 g/mol. The van der Waals surface area contributed by atoms with Crippen LogP contribution in [0.3, 0.4) is 0 Å². The highest BCUT2D eigenvalue weighted by Gasteiger charge is 2.24. The number of benzene rings is 1. The summed E-state index contributed by atoms with van der Waals surface area (Å²) in [6.07, 6.45) is 1.64. The topological polar surface area (TPSA) is 87.0 Å². The van der Waals surface area contributed by atoms with Crippen LogP contribution in [0.5, 0.6) is 0 Å². The zero-order valence-corrected chi connectivity index (χ0v) is 19.0. The summed E-state index contributed by atoms with van der Waals surface area (Å²) in [5, 5.41) is 3.01. The SMILES string of the molecule is CN(C)S(=O)(=O)c1ccc(C(=O)N2CCN(Cc3nc(-c4ccco4)cs3)CC2)cc1. The maximum absolute atomic E-state index is 12.8. The van der Waals surface area contributed by atoms with Crippen molar-refractivity contribution in [1.29, 1.82) is 0 Å². The molecule has 0 aliphatic carbocycles. The molecular formula is C21H24N4O4S2. The highest BCUT2D eigenvalue weighted by Crippen LogP contribution is 2.23. The summed E-state index contributed by atoms with van der Waals surface area (Å²) in [7, 11) is -0.536. The number of furan rings is 1. The number of hydrogen-bond acceptors (Lipinski definition) is 7. The molecule has 10 heteroatoms. The zero-order chi connectivity index (χ0) is 22.0. The van der Waals surface area contributed by atoms with Crippen molar-refractivity contribution in [2.75, 3.05) is 40.3 Å². The Morgan fingerprint density at radius 2 is 1.84 bits per heavy atom. The predicted molar refractivity (Wildman–Crippen MR) is 118 cm³/mol. The van der Waals surface area contributed by atoms with Crippen LogP contribution in [0.15, 0.2) is 57.4 Å². The predicted octanol–water partition coefficient (Wildman–Crippen LogP) is 2.61. The molecule has 1 amide bonds. The average molecular weight is 461 g/mol. The van der Waals surface area contributed by atoms with E-state index in [-0.39, 0.29) is 10.8 Å². The van der Waals surface area contributed by atoms with Gasteiger partial charge in [0.25, 0.3) is 5.91 Å². The highest BCUT2D eigenvalue weighted by molar-refractivity contribution is 7.89. The van der Waals surface area contributed by atoms with Gasteiger partial charge in [0.15, 0.2) is 5.76 Å². The first kappa shape index (κ1) is 21.7. The molecule has 2 aromatic heterocycles. The summed E-state index contributed by atoms with van der Waals surface area (Å²) in [4.78, 5) is 21.7. The Morgan fingerprint density at radius 3 is 2.45 bits per heavy atom. The van der Waals surface area contributed by atoms with Crippen molar-refractivity contribution in [1.82, 2.24) is 19.1 Å². The van der Waals surface area contributed by atoms with E-state index in [4.69, 9.17) is 4.42 Å². The summed E-state index contributed by atoms with van der Waals surface area (Å²) in [6.45, 7) is 3.49. The smallest absolute Gasteiger partial charge is 0.253 e. The molecule has 4 rings (SSSR count). The number of rotatable bonds is 6. The van der Waals surface area contributed by atoms with Gasteiger partial charge in [-0.3, -0.25) is 9.69 Å². The van der Waals surface area contributed by atoms with E-state index >= 15 is 0 Å². The number of piperazine rings is 1. The van der Waals surface area contributed by atoms with Gasteiger partial charge in [-0.25, -0.2) is 17.7 Å². The van der Waals surface area contributed by atoms with Crippen LogP contribution in [-0.4, -0.2) is 73.7 Å². The van der Waals surface area contributed by atoms with E-state index in [0.29, 0.717) is 18.7 Å². The number of amides is 1. The van der Waals surface area contributed by atoms with Crippen LogP contribution in [0, 0.1) is 0 Å². The fourth-order valence-corrected chi connectivity index (χ4v) is 5.11. The first-order chi connectivity index (χ1) is 14.8. The molecular weight excluding hydrogens is 436 g/mol. The third-order valence-electron chi connectivity index (χ3n) is 5.22. The Hall–Kier alpha value is -2.53. The second-order valence-electron chi connectivity index (χ2n) is 7.48. The van der Waals surface area contributed by atoms with Gasteiger partial charge in [-0.2, -0.15) is 0 Å². The van der Waals surface area contributed by atoms with Crippen LogP contribution in [-0.2, 0) is 16.6 Å². The Labute approximate surface area is 185 Å². The summed E-state index contributed by atoms with van der Waals surface area (Å²) >= 11 is 1.60. The molecule has 1 aliphatic rings. The van der Waals surface area contributed by atoms with Gasteiger partial charge in [0.2, 0.25) is 10.0 Å². The zero-order valence-electron chi connectivity index (χ0n) is 17.4. The van der Waals surface area contributed by atoms with Crippen molar-refractivity contribution in [3.63, 3.8) is 0 Å². The van der Waals surface area contributed by atoms with Gasteiger partial charge in [0.05, 0.1) is 17.7 Å². The highest BCUT2D eigenvalue weighted by atomic mass is 32.2. The molecule has 0 atom stereocenters. The third-order valence-corrected chi connectivity index (χ3v) is 7.89. The summed E-state index contributed by atoms with van der Waals surface area (Å²) in [5.41, 5.74) is 1.34. The van der Waals surface area contributed by atoms with E-state index in [0.717, 1.165) is 40.4 Å². The lowest BCUT2D eigenvalue weighted by atomic mass is 10.2. The molecule has 0 spiro atoms. The minimum atomic E-state index is -3.50. The summed E-state index contributed by atoms with van der Waals surface area (Å²) < 4.78 is 30.9. The number of sulfonamides is 1. The van der Waals surface area contributed by atoms with Crippen LogP contribution in [0.25, 0.3) is 11.5 Å². The molecule has 0 bridgehead atoms. The molecule has 164 valence electrons. The van der Waals surface area contributed by atoms with Crippen LogP contribution < -0.4 is 0 Å². The number of thiazole rings is 1. The lowest BCUT2D eigenvalue weighted by Gasteiger charge is -2.34. The molecule has 8 nitrogen and oxygen atoms in total. The van der Waals surface area contributed by atoms with E-state index < -0.39 is 10.0 Å². The molecule has 3 aromatic rings. The largest absolute Gasteiger partial charge is 0.463 e. The van der Waals surface area contributed by atoms with Crippen molar-refractivity contribution in [2.45, 2.75) is 11.4 Å². The molecule has 1 aromatic carbocycles. The van der Waals surface area contributed by atoms with Crippen LogP contribution in [0.2, 0.25) is 0 Å². The van der Waals surface area contributed by atoms with Crippen molar-refractivity contribution in [3.8, 4) is 11.5 Å². The Morgan fingerprint density at radius 1 is 1.13 bits per heavy atom. The normalized spacial score (nSPS) is 15.5. The van der Waals surface area contributed by atoms with Crippen LogP contribution in [0.1, 0.15) is 15.4 Å². The first-order valence-corrected chi connectivity index (χ1v) is 12.2. The summed E-state index contributed by atoms with van der Waals surface area (Å²) in [5.74, 6) is 0.685. The number of aromatic nitrogens is 1. The van der Waals surface area contributed by atoms with Gasteiger partial charge in [0.1, 0.15) is 10.7 Å². The molecule has 3 heterocycles. The maximum Gasteiger partial charge on any atom is 0.253 e. The molecule has 31 heavy (non-hydrogen) atoms. The maximum atomic E-state index is 12.8. The van der Waals surface area contributed by atoms with E-state index in [2.05, 4.69) is 9.88 Å². The van der Waals surface area contributed by atoms with Crippen molar-refractivity contribution >= 4 is 27.3 Å². The second kappa shape index (κ2) is 8.91. The van der Waals surface area contributed by atoms with Gasteiger partial charge in [0, 0.05) is 51.2 Å². The minimum absolute atomic E-state index is 0.0807. The molecule has 1 aliphatic heterocycles. The quantitative estimate of drug-likeness (QED) is 0.562. The van der Waals surface area contributed by atoms with Gasteiger partial charge >= 0.3 is 0 Å². The third kappa shape index (κ3) is 4.72. The molecule has 0 N–H and O–H groups in total. The fourth-order valence-electron chi connectivity index (χ4n) is 3.38. The van der Waals surface area contributed by atoms with Crippen LogP contribution in [0.4, 0.5) is 0 Å². The van der Waals surface area contributed by atoms with E-state index in [9.17, 15) is 13.2 Å². The number of hydrogen-bond donors (Lipinski definition) is 0. The van der Waals surface area contributed by atoms with E-state index in [1.54, 1.807) is 29.7 Å². The first-order valence-electron chi connectivity index (χ1n) is 9.87. The molecule has 0 saturated carbocycles. The van der Waals surface area contributed by atoms with Crippen LogP contribution >= 0.6 is 11.3 Å². The number of nitrogens with zero attached hydrogens (tertiary/aromatic N) is 4. The standard InChI is InChI=1S/C21H24N4O4S2/c1-23(2)31(27,28)17-7-5-16(6-8-17)21(26)25-11-9-24(10-12-25)14-20-22-18(15-30-20)19-4-3-13-29-19/h3-8,13,15H,9-12,14H2,1-2H3. The lowest BCUT2D eigenvalue weighted by Crippen LogP contribution is -2.48. The average Bonchev–Trinajstić information content (AvgIpc) is 3.46. The lowest BCUT2D eigenvalue weighted by molar-refractivity contribution is 0.0628. The van der Waals surface area contributed by atoms with Gasteiger partial charge < -0.3 is 9.32 Å². The van der Waals surface area contributed by atoms with E-state index in [1.807, 2.05) is 22.4 Å². The molecule has 0 unspecified atom stereocenters. The molecule has 1 saturated heterocycles. The van der Waals surface area contributed by atoms with Crippen molar-refractivity contribution in [2.24, 2.45) is 0 Å². The molecule has 1 fully saturated rings. The van der Waals surface area contributed by atoms with Crippen molar-refractivity contribution in [3.05, 3.63) is 58.6 Å². The number of carbonyl (C=O) groups excluding carboxylic acids is 1. The Balaban J connectivity index is 1.33.